The topological polar surface area (TPSA) is 119 Å². The molecule has 0 unspecified atom stereocenters. The first-order chi connectivity index (χ1) is 16.7. The third kappa shape index (κ3) is 3.97. The molecular formula is C23H22N8O3. The Morgan fingerprint density at radius 3 is 2.97 bits per heavy atom. The van der Waals surface area contributed by atoms with Gasteiger partial charge >= 0.3 is 0 Å². The van der Waals surface area contributed by atoms with Gasteiger partial charge in [-0.2, -0.15) is 0 Å². The van der Waals surface area contributed by atoms with Crippen molar-refractivity contribution in [2.75, 3.05) is 48.4 Å². The molecule has 0 atom stereocenters. The molecule has 11 heteroatoms. The minimum Gasteiger partial charge on any atom is -0.466 e. The lowest BCUT2D eigenvalue weighted by atomic mass is 10.2. The van der Waals surface area contributed by atoms with Gasteiger partial charge in [-0.25, -0.2) is 19.9 Å². The van der Waals surface area contributed by atoms with Gasteiger partial charge in [-0.15, -0.1) is 0 Å². The van der Waals surface area contributed by atoms with Crippen LogP contribution >= 0.6 is 0 Å². The highest BCUT2D eigenvalue weighted by molar-refractivity contribution is 5.95. The molecule has 0 saturated carbocycles. The molecule has 1 saturated heterocycles. The van der Waals surface area contributed by atoms with E-state index in [0.717, 1.165) is 43.2 Å². The molecule has 0 aliphatic carbocycles. The van der Waals surface area contributed by atoms with Gasteiger partial charge in [0, 0.05) is 50.0 Å². The molecule has 0 bridgehead atoms. The fourth-order valence-electron chi connectivity index (χ4n) is 4.03. The molecule has 0 spiro atoms. The molecule has 2 N–H and O–H groups in total. The summed E-state index contributed by atoms with van der Waals surface area (Å²) in [6.45, 7) is 3.23. The zero-order valence-corrected chi connectivity index (χ0v) is 18.3. The summed E-state index contributed by atoms with van der Waals surface area (Å²) in [4.78, 5) is 32.1. The zero-order chi connectivity index (χ0) is 22.9. The number of hydrogen-bond acceptors (Lipinski definition) is 9. The maximum Gasteiger partial charge on any atom is 0.262 e. The number of anilines is 4. The third-order valence-corrected chi connectivity index (χ3v) is 5.69. The highest BCUT2D eigenvalue weighted by atomic mass is 16.5. The van der Waals surface area contributed by atoms with Gasteiger partial charge in [-0.05, 0) is 24.6 Å². The van der Waals surface area contributed by atoms with Crippen LogP contribution in [0, 0.1) is 0 Å². The van der Waals surface area contributed by atoms with Crippen LogP contribution in [0.5, 0.6) is 5.88 Å². The molecular weight excluding hydrogens is 436 g/mol. The summed E-state index contributed by atoms with van der Waals surface area (Å²) in [7, 11) is 0. The van der Waals surface area contributed by atoms with E-state index in [2.05, 4.69) is 30.5 Å². The van der Waals surface area contributed by atoms with E-state index >= 15 is 0 Å². The number of rotatable bonds is 4. The SMILES string of the molecule is O=C1COc2ncc(-c3cn4ccnc4c(Nc4ccc(N5CCCOCC5)nc4)n3)cc2N1. The van der Waals surface area contributed by atoms with Crippen molar-refractivity contribution in [2.24, 2.45) is 0 Å². The lowest BCUT2D eigenvalue weighted by Gasteiger charge is -2.20. The van der Waals surface area contributed by atoms with Crippen LogP contribution in [0.2, 0.25) is 0 Å². The number of aromatic nitrogens is 5. The number of fused-ring (bicyclic) bond motifs is 2. The highest BCUT2D eigenvalue weighted by Gasteiger charge is 2.19. The largest absolute Gasteiger partial charge is 0.466 e. The molecule has 0 aromatic carbocycles. The Bertz CT molecular complexity index is 1350. The fourth-order valence-corrected chi connectivity index (χ4v) is 4.03. The average molecular weight is 458 g/mol. The second kappa shape index (κ2) is 8.60. The van der Waals surface area contributed by atoms with Crippen molar-refractivity contribution < 1.29 is 14.3 Å². The Labute approximate surface area is 194 Å². The first-order valence-electron chi connectivity index (χ1n) is 11.1. The fraction of sp³-hybridized carbons (Fsp3) is 0.261. The summed E-state index contributed by atoms with van der Waals surface area (Å²) in [5.74, 6) is 1.69. The molecule has 4 aromatic rings. The summed E-state index contributed by atoms with van der Waals surface area (Å²) in [5.41, 5.74) is 3.40. The lowest BCUT2D eigenvalue weighted by molar-refractivity contribution is -0.118. The average Bonchev–Trinajstić information content (AvgIpc) is 3.18. The van der Waals surface area contributed by atoms with E-state index in [9.17, 15) is 4.79 Å². The number of amides is 1. The summed E-state index contributed by atoms with van der Waals surface area (Å²) in [5, 5.41) is 6.12. The van der Waals surface area contributed by atoms with Gasteiger partial charge in [-0.1, -0.05) is 0 Å². The summed E-state index contributed by atoms with van der Waals surface area (Å²) in [6, 6.07) is 5.78. The standard InChI is InChI=1S/C23H22N8O3/c32-20-14-34-23-17(28-20)10-15(11-26-23)18-13-31-6-4-24-22(31)21(29-18)27-16-2-3-19(25-12-16)30-5-1-8-33-9-7-30/h2-4,6,10-13H,1,5,7-9,14H2,(H,27,29)(H,28,32). The van der Waals surface area contributed by atoms with Crippen LogP contribution in [-0.4, -0.2) is 63.2 Å². The van der Waals surface area contributed by atoms with Crippen molar-refractivity contribution >= 4 is 34.6 Å². The number of hydrogen-bond donors (Lipinski definition) is 2. The molecule has 2 aliphatic rings. The van der Waals surface area contributed by atoms with Gasteiger partial charge in [0.25, 0.3) is 5.91 Å². The van der Waals surface area contributed by atoms with Gasteiger partial charge in [0.05, 0.1) is 24.2 Å². The smallest absolute Gasteiger partial charge is 0.262 e. The molecule has 6 heterocycles. The Kier molecular flexibility index (Phi) is 5.15. The van der Waals surface area contributed by atoms with E-state index in [-0.39, 0.29) is 12.5 Å². The molecule has 1 amide bonds. The number of nitrogens with one attached hydrogen (secondary N) is 2. The summed E-state index contributed by atoms with van der Waals surface area (Å²) in [6.07, 6.45) is 9.89. The van der Waals surface area contributed by atoms with Crippen molar-refractivity contribution in [3.8, 4) is 17.1 Å². The van der Waals surface area contributed by atoms with Crippen molar-refractivity contribution in [1.29, 1.82) is 0 Å². The number of pyridine rings is 2. The maximum absolute atomic E-state index is 11.7. The minimum atomic E-state index is -0.213. The Hall–Kier alpha value is -4.25. The van der Waals surface area contributed by atoms with Crippen LogP contribution in [0.25, 0.3) is 16.9 Å². The lowest BCUT2D eigenvalue weighted by Crippen LogP contribution is -2.26. The summed E-state index contributed by atoms with van der Waals surface area (Å²) >= 11 is 0. The molecule has 34 heavy (non-hydrogen) atoms. The van der Waals surface area contributed by atoms with Crippen molar-refractivity contribution in [3.63, 3.8) is 0 Å². The maximum atomic E-state index is 11.7. The minimum absolute atomic E-state index is 0.0367. The normalized spacial score (nSPS) is 15.9. The number of ether oxygens (including phenoxy) is 2. The zero-order valence-electron chi connectivity index (χ0n) is 18.3. The molecule has 2 aliphatic heterocycles. The molecule has 4 aromatic heterocycles. The Morgan fingerprint density at radius 1 is 1.09 bits per heavy atom. The van der Waals surface area contributed by atoms with Crippen molar-refractivity contribution in [1.82, 2.24) is 24.3 Å². The first-order valence-corrected chi connectivity index (χ1v) is 11.1. The number of nitrogens with zero attached hydrogens (tertiary/aromatic N) is 6. The highest BCUT2D eigenvalue weighted by Crippen LogP contribution is 2.31. The quantitative estimate of drug-likeness (QED) is 0.475. The molecule has 6 rings (SSSR count). The summed E-state index contributed by atoms with van der Waals surface area (Å²) < 4.78 is 12.8. The molecule has 11 nitrogen and oxygen atoms in total. The monoisotopic (exact) mass is 458 g/mol. The Morgan fingerprint density at radius 2 is 2.06 bits per heavy atom. The van der Waals surface area contributed by atoms with Crippen molar-refractivity contribution in [2.45, 2.75) is 6.42 Å². The van der Waals surface area contributed by atoms with Gasteiger partial charge in [-0.3, -0.25) is 4.79 Å². The van der Waals surface area contributed by atoms with Crippen LogP contribution in [0.3, 0.4) is 0 Å². The van der Waals surface area contributed by atoms with E-state index < -0.39 is 0 Å². The van der Waals surface area contributed by atoms with E-state index in [4.69, 9.17) is 14.5 Å². The number of imidazole rings is 1. The van der Waals surface area contributed by atoms with E-state index in [1.165, 1.54) is 0 Å². The molecule has 172 valence electrons. The number of carbonyl (C=O) groups excluding carboxylic acids is 1. The second-order valence-corrected chi connectivity index (χ2v) is 8.03. The van der Waals surface area contributed by atoms with Crippen LogP contribution in [0.15, 0.2) is 49.2 Å². The van der Waals surface area contributed by atoms with E-state index in [1.54, 1.807) is 24.7 Å². The molecule has 1 fully saturated rings. The van der Waals surface area contributed by atoms with Crippen LogP contribution in [-0.2, 0) is 9.53 Å². The molecule has 0 radical (unpaired) electrons. The number of carbonyl (C=O) groups is 1. The van der Waals surface area contributed by atoms with Gasteiger partial charge in [0.1, 0.15) is 11.5 Å². The van der Waals surface area contributed by atoms with E-state index in [0.29, 0.717) is 35.3 Å². The van der Waals surface area contributed by atoms with Gasteiger partial charge in [0.15, 0.2) is 18.1 Å². The van der Waals surface area contributed by atoms with Gasteiger partial charge < -0.3 is 29.4 Å². The van der Waals surface area contributed by atoms with Crippen LogP contribution in [0.4, 0.5) is 23.0 Å². The third-order valence-electron chi connectivity index (χ3n) is 5.69. The first kappa shape index (κ1) is 20.4. The van der Waals surface area contributed by atoms with E-state index in [1.807, 2.05) is 28.9 Å². The predicted molar refractivity (Wildman–Crippen MR) is 126 cm³/mol. The second-order valence-electron chi connectivity index (χ2n) is 8.03. The van der Waals surface area contributed by atoms with Crippen LogP contribution in [0.1, 0.15) is 6.42 Å². The predicted octanol–water partition coefficient (Wildman–Crippen LogP) is 2.49. The van der Waals surface area contributed by atoms with Gasteiger partial charge in [0.2, 0.25) is 5.88 Å². The van der Waals surface area contributed by atoms with Crippen molar-refractivity contribution in [3.05, 3.63) is 49.2 Å². The van der Waals surface area contributed by atoms with Crippen LogP contribution < -0.4 is 20.3 Å². The Balaban J connectivity index is 1.30.